The van der Waals surface area contributed by atoms with E-state index in [-0.39, 0.29) is 5.91 Å². The van der Waals surface area contributed by atoms with Crippen LogP contribution >= 0.6 is 0 Å². The molecule has 1 aromatic heterocycles. The highest BCUT2D eigenvalue weighted by atomic mass is 16.5. The van der Waals surface area contributed by atoms with Gasteiger partial charge in [-0.1, -0.05) is 32.0 Å². The van der Waals surface area contributed by atoms with E-state index >= 15 is 0 Å². The van der Waals surface area contributed by atoms with Gasteiger partial charge in [0.15, 0.2) is 5.76 Å². The molecule has 0 bridgehead atoms. The van der Waals surface area contributed by atoms with E-state index in [1.54, 1.807) is 12.1 Å². The zero-order valence-corrected chi connectivity index (χ0v) is 12.7. The van der Waals surface area contributed by atoms with E-state index in [0.717, 1.165) is 11.3 Å². The van der Waals surface area contributed by atoms with Crippen LogP contribution in [-0.4, -0.2) is 12.5 Å². The molecule has 1 amide bonds. The fraction of sp³-hybridized carbons (Fsp3) is 0.353. The molecule has 4 nitrogen and oxygen atoms in total. The summed E-state index contributed by atoms with van der Waals surface area (Å²) in [5.41, 5.74) is 1.07. The van der Waals surface area contributed by atoms with Crippen molar-refractivity contribution in [2.75, 3.05) is 6.54 Å². The molecule has 0 aliphatic carbocycles. The number of carbonyl (C=O) groups is 1. The maximum Gasteiger partial charge on any atom is 0.287 e. The number of carbonyl (C=O) groups excluding carboxylic acids is 1. The van der Waals surface area contributed by atoms with Crippen molar-refractivity contribution in [1.82, 2.24) is 5.32 Å². The summed E-state index contributed by atoms with van der Waals surface area (Å²) in [4.78, 5) is 11.8. The average molecular weight is 287 g/mol. The maximum atomic E-state index is 11.8. The van der Waals surface area contributed by atoms with Gasteiger partial charge in [-0.2, -0.15) is 0 Å². The van der Waals surface area contributed by atoms with Crippen molar-refractivity contribution in [3.05, 3.63) is 53.5 Å². The molecule has 0 spiro atoms. The molecule has 0 radical (unpaired) electrons. The summed E-state index contributed by atoms with van der Waals surface area (Å²) >= 11 is 0. The second-order valence-electron chi connectivity index (χ2n) is 5.42. The van der Waals surface area contributed by atoms with Crippen molar-refractivity contribution in [3.63, 3.8) is 0 Å². The van der Waals surface area contributed by atoms with E-state index in [1.165, 1.54) is 0 Å². The minimum atomic E-state index is -0.189. The summed E-state index contributed by atoms with van der Waals surface area (Å²) in [6, 6.07) is 11.2. The Morgan fingerprint density at radius 1 is 1.24 bits per heavy atom. The number of hydrogen-bond donors (Lipinski definition) is 1. The molecular formula is C17H21NO3. The van der Waals surface area contributed by atoms with E-state index < -0.39 is 0 Å². The van der Waals surface area contributed by atoms with Crippen LogP contribution in [0.25, 0.3) is 0 Å². The quantitative estimate of drug-likeness (QED) is 0.884. The van der Waals surface area contributed by atoms with E-state index in [1.807, 2.05) is 45.0 Å². The third kappa shape index (κ3) is 4.38. The first kappa shape index (κ1) is 15.2. The first-order chi connectivity index (χ1) is 10.1. The van der Waals surface area contributed by atoms with Crippen LogP contribution in [0.15, 0.2) is 40.8 Å². The molecule has 4 heteroatoms. The highest BCUT2D eigenvalue weighted by Crippen LogP contribution is 2.18. The zero-order chi connectivity index (χ0) is 15.2. The number of rotatable bonds is 6. The van der Waals surface area contributed by atoms with Crippen LogP contribution in [0.3, 0.4) is 0 Å². The predicted octanol–water partition coefficient (Wildman–Crippen LogP) is 3.55. The topological polar surface area (TPSA) is 51.5 Å². The lowest BCUT2D eigenvalue weighted by Gasteiger charge is -2.07. The van der Waals surface area contributed by atoms with Gasteiger partial charge in [0.1, 0.15) is 18.1 Å². The van der Waals surface area contributed by atoms with Crippen molar-refractivity contribution < 1.29 is 13.9 Å². The van der Waals surface area contributed by atoms with Gasteiger partial charge in [0.25, 0.3) is 5.91 Å². The van der Waals surface area contributed by atoms with E-state index in [4.69, 9.17) is 9.15 Å². The van der Waals surface area contributed by atoms with Crippen LogP contribution in [0.2, 0.25) is 0 Å². The third-order valence-corrected chi connectivity index (χ3v) is 3.02. The van der Waals surface area contributed by atoms with Gasteiger partial charge in [-0.3, -0.25) is 4.79 Å². The van der Waals surface area contributed by atoms with Crippen LogP contribution < -0.4 is 10.1 Å². The molecule has 0 aliphatic heterocycles. The number of ether oxygens (including phenoxy) is 1. The lowest BCUT2D eigenvalue weighted by Crippen LogP contribution is -2.26. The second-order valence-corrected chi connectivity index (χ2v) is 5.42. The molecule has 0 fully saturated rings. The molecule has 1 heterocycles. The molecule has 0 saturated heterocycles. The standard InChI is InChI=1S/C17H21NO3/c1-12(2)10-18-17(19)16-9-8-14(21-16)11-20-15-7-5-4-6-13(15)3/h4-9,12H,10-11H2,1-3H3,(H,18,19). The number of amides is 1. The second kappa shape index (κ2) is 6.97. The van der Waals surface area contributed by atoms with Crippen molar-refractivity contribution in [2.45, 2.75) is 27.4 Å². The number of nitrogens with one attached hydrogen (secondary N) is 1. The zero-order valence-electron chi connectivity index (χ0n) is 12.7. The van der Waals surface area contributed by atoms with Crippen molar-refractivity contribution in [3.8, 4) is 5.75 Å². The Bertz CT molecular complexity index is 602. The van der Waals surface area contributed by atoms with Crippen molar-refractivity contribution in [1.29, 1.82) is 0 Å². The summed E-state index contributed by atoms with van der Waals surface area (Å²) in [6.45, 7) is 7.02. The first-order valence-electron chi connectivity index (χ1n) is 7.11. The predicted molar refractivity (Wildman–Crippen MR) is 81.4 cm³/mol. The molecule has 2 aromatic rings. The summed E-state index contributed by atoms with van der Waals surface area (Å²) in [5, 5.41) is 2.82. The Hall–Kier alpha value is -2.23. The molecule has 0 atom stereocenters. The Morgan fingerprint density at radius 2 is 2.00 bits per heavy atom. The first-order valence-corrected chi connectivity index (χ1v) is 7.11. The highest BCUT2D eigenvalue weighted by molar-refractivity contribution is 5.91. The van der Waals surface area contributed by atoms with Crippen LogP contribution in [0.4, 0.5) is 0 Å². The van der Waals surface area contributed by atoms with Crippen LogP contribution in [-0.2, 0) is 6.61 Å². The van der Waals surface area contributed by atoms with E-state index in [9.17, 15) is 4.79 Å². The van der Waals surface area contributed by atoms with Gasteiger partial charge in [-0.25, -0.2) is 0 Å². The summed E-state index contributed by atoms with van der Waals surface area (Å²) in [5.74, 6) is 1.99. The minimum Gasteiger partial charge on any atom is -0.485 e. The van der Waals surface area contributed by atoms with Crippen molar-refractivity contribution >= 4 is 5.91 Å². The average Bonchev–Trinajstić information content (AvgIpc) is 2.93. The van der Waals surface area contributed by atoms with Gasteiger partial charge in [0, 0.05) is 6.54 Å². The Kier molecular flexibility index (Phi) is 5.04. The molecule has 1 N–H and O–H groups in total. The SMILES string of the molecule is Cc1ccccc1OCc1ccc(C(=O)NCC(C)C)o1. The van der Waals surface area contributed by atoms with Crippen molar-refractivity contribution in [2.24, 2.45) is 5.92 Å². The lowest BCUT2D eigenvalue weighted by atomic mass is 10.2. The summed E-state index contributed by atoms with van der Waals surface area (Å²) in [7, 11) is 0. The number of hydrogen-bond acceptors (Lipinski definition) is 3. The molecule has 112 valence electrons. The number of aryl methyl sites for hydroxylation is 1. The number of para-hydroxylation sites is 1. The molecule has 0 unspecified atom stereocenters. The van der Waals surface area contributed by atoms with Gasteiger partial charge in [-0.05, 0) is 36.6 Å². The van der Waals surface area contributed by atoms with Gasteiger partial charge >= 0.3 is 0 Å². The normalized spacial score (nSPS) is 10.7. The van der Waals surface area contributed by atoms with Gasteiger partial charge in [0.2, 0.25) is 0 Å². The molecule has 0 aliphatic rings. The van der Waals surface area contributed by atoms with Gasteiger partial charge in [0.05, 0.1) is 0 Å². The monoisotopic (exact) mass is 287 g/mol. The minimum absolute atomic E-state index is 0.189. The molecule has 21 heavy (non-hydrogen) atoms. The Labute approximate surface area is 125 Å². The van der Waals surface area contributed by atoms with Gasteiger partial charge in [-0.15, -0.1) is 0 Å². The summed E-state index contributed by atoms with van der Waals surface area (Å²) < 4.78 is 11.2. The van der Waals surface area contributed by atoms with Crippen LogP contribution in [0.1, 0.15) is 35.7 Å². The molecule has 2 rings (SSSR count). The Balaban J connectivity index is 1.91. The van der Waals surface area contributed by atoms with E-state index in [0.29, 0.717) is 30.6 Å². The fourth-order valence-corrected chi connectivity index (χ4v) is 1.83. The third-order valence-electron chi connectivity index (χ3n) is 3.02. The lowest BCUT2D eigenvalue weighted by molar-refractivity contribution is 0.0917. The summed E-state index contributed by atoms with van der Waals surface area (Å²) in [6.07, 6.45) is 0. The Morgan fingerprint density at radius 3 is 2.71 bits per heavy atom. The smallest absolute Gasteiger partial charge is 0.287 e. The maximum absolute atomic E-state index is 11.8. The number of furan rings is 1. The van der Waals surface area contributed by atoms with E-state index in [2.05, 4.69) is 5.32 Å². The van der Waals surface area contributed by atoms with Gasteiger partial charge < -0.3 is 14.5 Å². The fourth-order valence-electron chi connectivity index (χ4n) is 1.83. The molecule has 1 aromatic carbocycles. The largest absolute Gasteiger partial charge is 0.485 e. The van der Waals surface area contributed by atoms with Crippen LogP contribution in [0.5, 0.6) is 5.75 Å². The molecular weight excluding hydrogens is 266 g/mol. The molecule has 0 saturated carbocycles. The number of benzene rings is 1. The van der Waals surface area contributed by atoms with Crippen LogP contribution in [0, 0.1) is 12.8 Å². The highest BCUT2D eigenvalue weighted by Gasteiger charge is 2.11.